The summed E-state index contributed by atoms with van der Waals surface area (Å²) in [5.41, 5.74) is 0.628. The number of hydrogen-bond acceptors (Lipinski definition) is 5. The second-order valence-electron chi connectivity index (χ2n) is 6.02. The van der Waals surface area contributed by atoms with Crippen molar-refractivity contribution < 1.29 is 19.1 Å². The zero-order chi connectivity index (χ0) is 16.6. The van der Waals surface area contributed by atoms with Crippen LogP contribution >= 0.6 is 11.8 Å². The lowest BCUT2D eigenvalue weighted by Crippen LogP contribution is -2.26. The second-order valence-corrected chi connectivity index (χ2v) is 7.05. The molecule has 0 amide bonds. The van der Waals surface area contributed by atoms with Gasteiger partial charge in [-0.2, -0.15) is 0 Å². The van der Waals surface area contributed by atoms with Crippen molar-refractivity contribution in [1.29, 1.82) is 0 Å². The van der Waals surface area contributed by atoms with Gasteiger partial charge in [0.15, 0.2) is 0 Å². The average Bonchev–Trinajstić information content (AvgIpc) is 2.36. The van der Waals surface area contributed by atoms with Crippen molar-refractivity contribution in [3.8, 4) is 0 Å². The van der Waals surface area contributed by atoms with Gasteiger partial charge in [-0.25, -0.2) is 0 Å². The molecule has 0 radical (unpaired) electrons. The van der Waals surface area contributed by atoms with Crippen molar-refractivity contribution in [2.75, 3.05) is 11.5 Å². The van der Waals surface area contributed by atoms with E-state index < -0.39 is 5.60 Å². The summed E-state index contributed by atoms with van der Waals surface area (Å²) in [6, 6.07) is 9.84. The van der Waals surface area contributed by atoms with E-state index >= 15 is 0 Å². The minimum absolute atomic E-state index is 0.243. The monoisotopic (exact) mass is 324 g/mol. The lowest BCUT2D eigenvalue weighted by atomic mass is 10.1. The fourth-order valence-electron chi connectivity index (χ4n) is 1.89. The van der Waals surface area contributed by atoms with Crippen LogP contribution in [-0.2, 0) is 25.5 Å². The number of rotatable bonds is 7. The molecule has 0 aromatic heterocycles. The summed E-state index contributed by atoms with van der Waals surface area (Å²) in [4.78, 5) is 22.9. The highest BCUT2D eigenvalue weighted by molar-refractivity contribution is 7.99. The first-order chi connectivity index (χ1) is 10.3. The highest BCUT2D eigenvalue weighted by Crippen LogP contribution is 2.14. The van der Waals surface area contributed by atoms with Crippen molar-refractivity contribution in [2.45, 2.75) is 45.8 Å². The summed E-state index contributed by atoms with van der Waals surface area (Å²) in [6.07, 6.45) is 0.397. The molecule has 1 aromatic rings. The van der Waals surface area contributed by atoms with E-state index in [4.69, 9.17) is 9.47 Å². The zero-order valence-electron chi connectivity index (χ0n) is 13.6. The summed E-state index contributed by atoms with van der Waals surface area (Å²) in [5.74, 6) is 0.259. The van der Waals surface area contributed by atoms with Gasteiger partial charge in [0.25, 0.3) is 0 Å². The molecule has 0 aliphatic heterocycles. The number of carbonyl (C=O) groups excluding carboxylic acids is 2. The van der Waals surface area contributed by atoms with Gasteiger partial charge in [0.2, 0.25) is 0 Å². The smallest absolute Gasteiger partial charge is 0.316 e. The Morgan fingerprint density at radius 1 is 1.18 bits per heavy atom. The summed E-state index contributed by atoms with van der Waals surface area (Å²) in [6.45, 7) is 6.92. The van der Waals surface area contributed by atoms with Crippen LogP contribution in [-0.4, -0.2) is 35.1 Å². The molecule has 1 unspecified atom stereocenters. The molecule has 1 aromatic carbocycles. The number of thioether (sulfide) groups is 1. The predicted molar refractivity (Wildman–Crippen MR) is 88.9 cm³/mol. The van der Waals surface area contributed by atoms with E-state index in [0.29, 0.717) is 12.2 Å². The van der Waals surface area contributed by atoms with E-state index in [1.807, 2.05) is 51.1 Å². The Morgan fingerprint density at radius 2 is 1.82 bits per heavy atom. The first-order valence-electron chi connectivity index (χ1n) is 7.27. The maximum absolute atomic E-state index is 11.7. The molecule has 0 heterocycles. The Kier molecular flexibility index (Phi) is 7.45. The van der Waals surface area contributed by atoms with Crippen LogP contribution in [0.5, 0.6) is 0 Å². The molecule has 22 heavy (non-hydrogen) atoms. The van der Waals surface area contributed by atoms with Gasteiger partial charge in [-0.05, 0) is 26.3 Å². The van der Waals surface area contributed by atoms with Gasteiger partial charge in [0, 0.05) is 19.1 Å². The van der Waals surface area contributed by atoms with Crippen LogP contribution in [0.2, 0.25) is 0 Å². The molecule has 122 valence electrons. The highest BCUT2D eigenvalue weighted by Gasteiger charge is 2.18. The Labute approximate surface area is 136 Å². The van der Waals surface area contributed by atoms with Crippen molar-refractivity contribution in [3.63, 3.8) is 0 Å². The SMILES string of the molecule is CC(=O)OC(CSCC(=O)OC(C)(C)C)Cc1ccccc1. The number of hydrogen-bond donors (Lipinski definition) is 0. The van der Waals surface area contributed by atoms with Crippen molar-refractivity contribution in [3.05, 3.63) is 35.9 Å². The van der Waals surface area contributed by atoms with E-state index in [1.165, 1.54) is 18.7 Å². The summed E-state index contributed by atoms with van der Waals surface area (Å²) in [7, 11) is 0. The van der Waals surface area contributed by atoms with Crippen LogP contribution < -0.4 is 0 Å². The van der Waals surface area contributed by atoms with Crippen LogP contribution in [0.25, 0.3) is 0 Å². The van der Waals surface area contributed by atoms with E-state index in [2.05, 4.69) is 0 Å². The number of benzene rings is 1. The standard InChI is InChI=1S/C17H24O4S/c1-13(18)20-15(10-14-8-6-5-7-9-14)11-22-12-16(19)21-17(2,3)4/h5-9,15H,10-12H2,1-4H3. The molecular formula is C17H24O4S. The molecule has 0 bridgehead atoms. The van der Waals surface area contributed by atoms with Gasteiger partial charge in [0.05, 0.1) is 5.75 Å². The highest BCUT2D eigenvalue weighted by atomic mass is 32.2. The molecule has 4 nitrogen and oxygen atoms in total. The van der Waals surface area contributed by atoms with Crippen molar-refractivity contribution in [1.82, 2.24) is 0 Å². The molecule has 1 atom stereocenters. The van der Waals surface area contributed by atoms with E-state index in [9.17, 15) is 9.59 Å². The first kappa shape index (κ1) is 18.6. The molecule has 0 saturated heterocycles. The van der Waals surface area contributed by atoms with Gasteiger partial charge in [-0.3, -0.25) is 9.59 Å². The maximum Gasteiger partial charge on any atom is 0.316 e. The molecule has 0 N–H and O–H groups in total. The Bertz CT molecular complexity index is 479. The van der Waals surface area contributed by atoms with Crippen LogP contribution in [0.4, 0.5) is 0 Å². The fraction of sp³-hybridized carbons (Fsp3) is 0.529. The molecule has 0 saturated carbocycles. The molecule has 5 heteroatoms. The Hall–Kier alpha value is -1.49. The summed E-state index contributed by atoms with van der Waals surface area (Å²) in [5, 5.41) is 0. The molecular weight excluding hydrogens is 300 g/mol. The van der Waals surface area contributed by atoms with E-state index in [0.717, 1.165) is 5.56 Å². The number of carbonyl (C=O) groups is 2. The average molecular weight is 324 g/mol. The minimum atomic E-state index is -0.475. The van der Waals surface area contributed by atoms with Gasteiger partial charge >= 0.3 is 11.9 Å². The third-order valence-electron chi connectivity index (χ3n) is 2.58. The van der Waals surface area contributed by atoms with Gasteiger partial charge in [-0.1, -0.05) is 30.3 Å². The van der Waals surface area contributed by atoms with Crippen LogP contribution in [0, 0.1) is 0 Å². The first-order valence-corrected chi connectivity index (χ1v) is 8.42. The molecule has 0 fully saturated rings. The minimum Gasteiger partial charge on any atom is -0.461 e. The van der Waals surface area contributed by atoms with Crippen LogP contribution in [0.15, 0.2) is 30.3 Å². The molecule has 0 spiro atoms. The Balaban J connectivity index is 2.45. The van der Waals surface area contributed by atoms with Crippen LogP contribution in [0.1, 0.15) is 33.3 Å². The quantitative estimate of drug-likeness (QED) is 0.721. The summed E-state index contributed by atoms with van der Waals surface area (Å²) >= 11 is 1.42. The van der Waals surface area contributed by atoms with Crippen molar-refractivity contribution in [2.24, 2.45) is 0 Å². The third kappa shape index (κ3) is 8.72. The molecule has 1 rings (SSSR count). The van der Waals surface area contributed by atoms with Gasteiger partial charge in [0.1, 0.15) is 11.7 Å². The second kappa shape index (κ2) is 8.83. The Morgan fingerprint density at radius 3 is 2.36 bits per heavy atom. The van der Waals surface area contributed by atoms with E-state index in [1.54, 1.807) is 0 Å². The van der Waals surface area contributed by atoms with Gasteiger partial charge < -0.3 is 9.47 Å². The number of ether oxygens (including phenoxy) is 2. The van der Waals surface area contributed by atoms with E-state index in [-0.39, 0.29) is 23.8 Å². The number of esters is 2. The molecule has 0 aliphatic carbocycles. The predicted octanol–water partition coefficient (Wildman–Crippen LogP) is 3.24. The topological polar surface area (TPSA) is 52.6 Å². The third-order valence-corrected chi connectivity index (χ3v) is 3.63. The maximum atomic E-state index is 11.7. The van der Waals surface area contributed by atoms with Gasteiger partial charge in [-0.15, -0.1) is 11.8 Å². The lowest BCUT2D eigenvalue weighted by molar-refractivity contribution is -0.151. The fourth-order valence-corrected chi connectivity index (χ4v) is 2.68. The largest absolute Gasteiger partial charge is 0.461 e. The van der Waals surface area contributed by atoms with Crippen molar-refractivity contribution >= 4 is 23.7 Å². The molecule has 0 aliphatic rings. The lowest BCUT2D eigenvalue weighted by Gasteiger charge is -2.20. The van der Waals surface area contributed by atoms with Crippen LogP contribution in [0.3, 0.4) is 0 Å². The zero-order valence-corrected chi connectivity index (χ0v) is 14.4. The summed E-state index contributed by atoms with van der Waals surface area (Å²) < 4.78 is 10.6. The normalized spacial score (nSPS) is 12.5.